The van der Waals surface area contributed by atoms with Crippen LogP contribution in [0.1, 0.15) is 81.8 Å². The third kappa shape index (κ3) is 7.80. The van der Waals surface area contributed by atoms with Gasteiger partial charge in [-0.15, -0.1) is 0 Å². The molecule has 2 N–H and O–H groups in total. The first-order valence-electron chi connectivity index (χ1n) is 16.7. The summed E-state index contributed by atoms with van der Waals surface area (Å²) in [4.78, 5) is 56.5. The summed E-state index contributed by atoms with van der Waals surface area (Å²) < 4.78 is 16.5. The fourth-order valence-corrected chi connectivity index (χ4v) is 7.29. The number of methoxy groups -OCH3 is 2. The van der Waals surface area contributed by atoms with Crippen LogP contribution in [-0.4, -0.2) is 61.5 Å². The van der Waals surface area contributed by atoms with Gasteiger partial charge in [-0.1, -0.05) is 43.0 Å². The fourth-order valence-electron chi connectivity index (χ4n) is 7.17. The lowest BCUT2D eigenvalue weighted by Gasteiger charge is -2.48. The lowest BCUT2D eigenvalue weighted by Crippen LogP contribution is -2.59. The summed E-state index contributed by atoms with van der Waals surface area (Å²) in [6, 6.07) is 10.2. The third-order valence-corrected chi connectivity index (χ3v) is 9.96. The van der Waals surface area contributed by atoms with Crippen molar-refractivity contribution >= 4 is 40.3 Å². The van der Waals surface area contributed by atoms with Crippen molar-refractivity contribution in [3.05, 3.63) is 69.0 Å². The molecular formula is C37H46ClN3O7. The smallest absolute Gasteiger partial charge is 0.287 e. The third-order valence-electron chi connectivity index (χ3n) is 9.71. The maximum atomic E-state index is 14.2. The molecule has 2 fully saturated rings. The summed E-state index contributed by atoms with van der Waals surface area (Å²) in [5.74, 6) is -0.163. The van der Waals surface area contributed by atoms with Crippen molar-refractivity contribution in [2.75, 3.05) is 27.3 Å². The molecule has 0 bridgehead atoms. The Morgan fingerprint density at radius 1 is 0.979 bits per heavy atom. The second-order valence-corrected chi connectivity index (χ2v) is 14.5. The average Bonchev–Trinajstić information content (AvgIpc) is 3.07. The largest absolute Gasteiger partial charge is 0.493 e. The first-order chi connectivity index (χ1) is 22.8. The minimum absolute atomic E-state index is 0.0700. The van der Waals surface area contributed by atoms with Gasteiger partial charge in [0.25, 0.3) is 5.91 Å². The molecule has 11 heteroatoms. The van der Waals surface area contributed by atoms with Gasteiger partial charge in [-0.05, 0) is 76.1 Å². The Labute approximate surface area is 286 Å². The summed E-state index contributed by atoms with van der Waals surface area (Å²) in [6.07, 6.45) is 6.72. The minimum Gasteiger partial charge on any atom is -0.493 e. The van der Waals surface area contributed by atoms with Gasteiger partial charge in [-0.25, -0.2) is 0 Å². The van der Waals surface area contributed by atoms with Crippen LogP contribution in [0.4, 0.5) is 0 Å². The van der Waals surface area contributed by atoms with E-state index in [9.17, 15) is 19.2 Å². The van der Waals surface area contributed by atoms with E-state index in [4.69, 9.17) is 25.5 Å². The number of fused-ring (bicyclic) bond motifs is 1. The number of likely N-dealkylation sites (tertiary alicyclic amines) is 1. The van der Waals surface area contributed by atoms with E-state index in [1.807, 2.05) is 32.9 Å². The highest BCUT2D eigenvalue weighted by molar-refractivity contribution is 6.30. The van der Waals surface area contributed by atoms with Crippen LogP contribution < -0.4 is 25.5 Å². The van der Waals surface area contributed by atoms with E-state index in [1.54, 1.807) is 17.0 Å². The molecule has 0 radical (unpaired) electrons. The predicted molar refractivity (Wildman–Crippen MR) is 185 cm³/mol. The van der Waals surface area contributed by atoms with Crippen molar-refractivity contribution in [2.45, 2.75) is 83.7 Å². The number of carbonyl (C=O) groups is 3. The first-order valence-corrected chi connectivity index (χ1v) is 17.1. The zero-order valence-corrected chi connectivity index (χ0v) is 29.2. The van der Waals surface area contributed by atoms with Crippen molar-refractivity contribution in [3.8, 4) is 11.5 Å². The molecule has 48 heavy (non-hydrogen) atoms. The monoisotopic (exact) mass is 679 g/mol. The quantitative estimate of drug-likeness (QED) is 0.288. The van der Waals surface area contributed by atoms with Gasteiger partial charge in [0.15, 0.2) is 22.7 Å². The number of nitrogens with one attached hydrogen (secondary N) is 2. The maximum absolute atomic E-state index is 14.2. The van der Waals surface area contributed by atoms with Crippen LogP contribution in [0.3, 0.4) is 0 Å². The fraction of sp³-hybridized carbons (Fsp3) is 0.514. The van der Waals surface area contributed by atoms with Crippen molar-refractivity contribution in [1.29, 1.82) is 0 Å². The van der Waals surface area contributed by atoms with Crippen LogP contribution in [0.15, 0.2) is 51.7 Å². The summed E-state index contributed by atoms with van der Waals surface area (Å²) in [5.41, 5.74) is -0.402. The number of halogens is 1. The Morgan fingerprint density at radius 2 is 1.60 bits per heavy atom. The van der Waals surface area contributed by atoms with E-state index in [2.05, 4.69) is 10.6 Å². The van der Waals surface area contributed by atoms with Crippen LogP contribution >= 0.6 is 11.6 Å². The van der Waals surface area contributed by atoms with Crippen LogP contribution in [0.5, 0.6) is 11.5 Å². The Bertz CT molecular complexity index is 1700. The van der Waals surface area contributed by atoms with E-state index in [0.717, 1.165) is 37.3 Å². The summed E-state index contributed by atoms with van der Waals surface area (Å²) in [6.45, 7) is 6.77. The first kappa shape index (κ1) is 35.3. The van der Waals surface area contributed by atoms with E-state index in [-0.39, 0.29) is 46.4 Å². The Kier molecular flexibility index (Phi) is 10.7. The molecule has 258 valence electrons. The van der Waals surface area contributed by atoms with E-state index < -0.39 is 22.8 Å². The van der Waals surface area contributed by atoms with Crippen molar-refractivity contribution < 1.29 is 28.3 Å². The number of piperidine rings is 1. The number of amides is 3. The highest BCUT2D eigenvalue weighted by atomic mass is 35.5. The number of hydrogen-bond acceptors (Lipinski definition) is 7. The summed E-state index contributed by atoms with van der Waals surface area (Å²) >= 11 is 6.12. The topological polar surface area (TPSA) is 127 Å². The van der Waals surface area contributed by atoms with Gasteiger partial charge in [0.2, 0.25) is 11.8 Å². The molecule has 1 aliphatic carbocycles. The zero-order valence-electron chi connectivity index (χ0n) is 28.5. The van der Waals surface area contributed by atoms with Crippen LogP contribution in [0, 0.1) is 11.3 Å². The van der Waals surface area contributed by atoms with Gasteiger partial charge in [-0.2, -0.15) is 0 Å². The van der Waals surface area contributed by atoms with Gasteiger partial charge >= 0.3 is 0 Å². The van der Waals surface area contributed by atoms with Crippen molar-refractivity contribution in [3.63, 3.8) is 0 Å². The van der Waals surface area contributed by atoms with Crippen molar-refractivity contribution in [2.24, 2.45) is 11.3 Å². The van der Waals surface area contributed by atoms with E-state index >= 15 is 0 Å². The highest BCUT2D eigenvalue weighted by Gasteiger charge is 2.49. The van der Waals surface area contributed by atoms with Crippen LogP contribution in [0.25, 0.3) is 11.0 Å². The van der Waals surface area contributed by atoms with Gasteiger partial charge in [0, 0.05) is 42.2 Å². The van der Waals surface area contributed by atoms with Gasteiger partial charge in [0.05, 0.1) is 25.0 Å². The number of rotatable bonds is 9. The molecule has 3 amide bonds. The molecule has 10 nitrogen and oxygen atoms in total. The Hall–Kier alpha value is -4.05. The lowest BCUT2D eigenvalue weighted by atomic mass is 9.63. The molecule has 1 saturated carbocycles. The lowest BCUT2D eigenvalue weighted by molar-refractivity contribution is -0.147. The molecule has 2 heterocycles. The SMILES string of the molecule is COc1cc2oc(C(=O)N[C@H](Cc3ccc(Cl)cc3)C(=O)N3CCC(C(=O)NC(C)(C)C)(C4CCCCC4)CC3)cc(=O)c2cc1OC. The number of hydrogen-bond donors (Lipinski definition) is 2. The molecule has 1 saturated heterocycles. The van der Waals surface area contributed by atoms with Crippen molar-refractivity contribution in [1.82, 2.24) is 15.5 Å². The number of nitrogens with zero attached hydrogens (tertiary/aromatic N) is 1. The molecule has 1 aromatic heterocycles. The molecule has 2 aliphatic rings. The molecule has 1 aliphatic heterocycles. The molecule has 0 spiro atoms. The normalized spacial score (nSPS) is 17.4. The Morgan fingerprint density at radius 3 is 2.21 bits per heavy atom. The number of ether oxygens (including phenoxy) is 2. The molecule has 0 unspecified atom stereocenters. The molecule has 1 atom stereocenters. The predicted octanol–water partition coefficient (Wildman–Crippen LogP) is 5.91. The molecular weight excluding hydrogens is 634 g/mol. The van der Waals surface area contributed by atoms with E-state index in [0.29, 0.717) is 42.5 Å². The van der Waals surface area contributed by atoms with Crippen LogP contribution in [0.2, 0.25) is 5.02 Å². The summed E-state index contributed by atoms with van der Waals surface area (Å²) in [5, 5.41) is 6.87. The highest BCUT2D eigenvalue weighted by Crippen LogP contribution is 2.46. The zero-order chi connectivity index (χ0) is 34.6. The molecule has 2 aromatic carbocycles. The number of carbonyl (C=O) groups excluding carboxylic acids is 3. The van der Waals surface area contributed by atoms with Gasteiger partial charge in [0.1, 0.15) is 11.6 Å². The molecule has 3 aromatic rings. The molecule has 5 rings (SSSR count). The summed E-state index contributed by atoms with van der Waals surface area (Å²) in [7, 11) is 2.92. The average molecular weight is 680 g/mol. The second-order valence-electron chi connectivity index (χ2n) is 14.1. The van der Waals surface area contributed by atoms with E-state index in [1.165, 1.54) is 32.8 Å². The Balaban J connectivity index is 1.40. The van der Waals surface area contributed by atoms with Gasteiger partial charge in [-0.3, -0.25) is 19.2 Å². The standard InChI is InChI=1S/C37H46ClN3O7/c1-36(2,3)40-35(45)37(24-9-7-6-8-10-24)15-17-41(18-16-37)34(44)27(19-23-11-13-25(38)14-12-23)39-33(43)32-21-28(42)26-20-30(46-4)31(47-5)22-29(26)48-32/h11-14,20-22,24,27H,6-10,15-19H2,1-5H3,(H,39,43)(H,40,45)/t27-/m1/s1. The minimum atomic E-state index is -0.962. The maximum Gasteiger partial charge on any atom is 0.287 e. The van der Waals surface area contributed by atoms with Crippen LogP contribution in [-0.2, 0) is 16.0 Å². The van der Waals surface area contributed by atoms with Gasteiger partial charge < -0.3 is 29.4 Å². The number of benzene rings is 2. The second kappa shape index (κ2) is 14.6.